The van der Waals surface area contributed by atoms with Gasteiger partial charge in [0.25, 0.3) is 0 Å². The van der Waals surface area contributed by atoms with E-state index in [0.717, 1.165) is 18.7 Å². The van der Waals surface area contributed by atoms with Crippen LogP contribution in [0.5, 0.6) is 5.75 Å². The van der Waals surface area contributed by atoms with Gasteiger partial charge >= 0.3 is 0 Å². The van der Waals surface area contributed by atoms with Gasteiger partial charge in [0.2, 0.25) is 0 Å². The lowest BCUT2D eigenvalue weighted by Gasteiger charge is -2.25. The van der Waals surface area contributed by atoms with Gasteiger partial charge in [-0.3, -0.25) is 4.99 Å². The van der Waals surface area contributed by atoms with Crippen molar-refractivity contribution < 1.29 is 4.74 Å². The van der Waals surface area contributed by atoms with Gasteiger partial charge in [-0.05, 0) is 55.4 Å². The highest BCUT2D eigenvalue weighted by atomic mass is 16.5. The molecular weight excluding hydrogens is 262 g/mol. The second-order valence-corrected chi connectivity index (χ2v) is 6.19. The predicted octanol–water partition coefficient (Wildman–Crippen LogP) is 2.52. The molecule has 1 fully saturated rings. The molecule has 0 amide bonds. The summed E-state index contributed by atoms with van der Waals surface area (Å²) in [6, 6.07) is 7.05. The van der Waals surface area contributed by atoms with Crippen molar-refractivity contribution in [2.24, 2.45) is 10.7 Å². The van der Waals surface area contributed by atoms with Crippen molar-refractivity contribution >= 4 is 5.96 Å². The highest BCUT2D eigenvalue weighted by Crippen LogP contribution is 2.34. The summed E-state index contributed by atoms with van der Waals surface area (Å²) in [5.41, 5.74) is 8.93. The minimum atomic E-state index is 0.491. The van der Waals surface area contributed by atoms with E-state index in [2.05, 4.69) is 35.1 Å². The first-order valence-electron chi connectivity index (χ1n) is 7.88. The van der Waals surface area contributed by atoms with Crippen molar-refractivity contribution in [2.45, 2.75) is 44.1 Å². The first kappa shape index (κ1) is 14.2. The average Bonchev–Trinajstić information content (AvgIpc) is 3.35. The van der Waals surface area contributed by atoms with Crippen molar-refractivity contribution in [3.05, 3.63) is 29.3 Å². The molecule has 2 aliphatic carbocycles. The molecule has 114 valence electrons. The van der Waals surface area contributed by atoms with Crippen LogP contribution in [0.1, 0.15) is 42.7 Å². The minimum Gasteiger partial charge on any atom is -0.497 e. The lowest BCUT2D eigenvalue weighted by Crippen LogP contribution is -2.36. The highest BCUT2D eigenvalue weighted by Gasteiger charge is 2.27. The largest absolute Gasteiger partial charge is 0.497 e. The number of nitrogens with two attached hydrogens (primary N) is 1. The maximum Gasteiger partial charge on any atom is 0.191 e. The molecule has 1 atom stereocenters. The third-order valence-electron chi connectivity index (χ3n) is 4.72. The molecule has 1 aromatic rings. The Bertz CT molecular complexity index is 537. The van der Waals surface area contributed by atoms with Crippen LogP contribution in [0.3, 0.4) is 0 Å². The van der Waals surface area contributed by atoms with Gasteiger partial charge < -0.3 is 15.4 Å². The average molecular weight is 287 g/mol. The summed E-state index contributed by atoms with van der Waals surface area (Å²) in [5, 5.41) is 0. The van der Waals surface area contributed by atoms with Gasteiger partial charge in [-0.1, -0.05) is 6.07 Å². The zero-order chi connectivity index (χ0) is 14.8. The van der Waals surface area contributed by atoms with Gasteiger partial charge in [-0.15, -0.1) is 0 Å². The van der Waals surface area contributed by atoms with E-state index in [-0.39, 0.29) is 0 Å². The smallest absolute Gasteiger partial charge is 0.191 e. The monoisotopic (exact) mass is 287 g/mol. The molecule has 2 aliphatic rings. The quantitative estimate of drug-likeness (QED) is 0.684. The maximum absolute atomic E-state index is 6.10. The standard InChI is InChI=1S/C17H25N3O/c1-20(14-6-7-14)17(18)19-11-13-5-3-4-12-10-15(21-2)8-9-16(12)13/h8-10,13-14H,3-7,11H2,1-2H3,(H2,18,19). The summed E-state index contributed by atoms with van der Waals surface area (Å²) in [4.78, 5) is 6.76. The van der Waals surface area contributed by atoms with Gasteiger partial charge in [0.05, 0.1) is 7.11 Å². The lowest BCUT2D eigenvalue weighted by molar-refractivity contribution is 0.413. The number of hydrogen-bond acceptors (Lipinski definition) is 2. The lowest BCUT2D eigenvalue weighted by atomic mass is 9.83. The van der Waals surface area contributed by atoms with E-state index in [4.69, 9.17) is 10.5 Å². The number of aryl methyl sites for hydroxylation is 1. The first-order chi connectivity index (χ1) is 10.2. The van der Waals surface area contributed by atoms with Crippen LogP contribution >= 0.6 is 0 Å². The van der Waals surface area contributed by atoms with Crippen molar-refractivity contribution in [3.8, 4) is 5.75 Å². The molecule has 21 heavy (non-hydrogen) atoms. The number of fused-ring (bicyclic) bond motifs is 1. The number of hydrogen-bond donors (Lipinski definition) is 1. The molecule has 0 aliphatic heterocycles. The summed E-state index contributed by atoms with van der Waals surface area (Å²) in [7, 11) is 3.77. The Kier molecular flexibility index (Phi) is 4.04. The zero-order valence-electron chi connectivity index (χ0n) is 13.0. The number of benzene rings is 1. The van der Waals surface area contributed by atoms with E-state index in [1.54, 1.807) is 7.11 Å². The van der Waals surface area contributed by atoms with Gasteiger partial charge in [0.1, 0.15) is 5.75 Å². The van der Waals surface area contributed by atoms with Crippen LogP contribution in [-0.2, 0) is 6.42 Å². The molecular formula is C17H25N3O. The van der Waals surface area contributed by atoms with Gasteiger partial charge in [0, 0.05) is 25.6 Å². The molecule has 0 heterocycles. The molecule has 0 spiro atoms. The van der Waals surface area contributed by atoms with E-state index in [0.29, 0.717) is 17.9 Å². The third-order valence-corrected chi connectivity index (χ3v) is 4.72. The van der Waals surface area contributed by atoms with Crippen molar-refractivity contribution in [1.29, 1.82) is 0 Å². The van der Waals surface area contributed by atoms with Gasteiger partial charge in [-0.2, -0.15) is 0 Å². The van der Waals surface area contributed by atoms with Gasteiger partial charge in [-0.25, -0.2) is 0 Å². The minimum absolute atomic E-state index is 0.491. The Labute approximate surface area is 127 Å². The van der Waals surface area contributed by atoms with E-state index < -0.39 is 0 Å². The number of nitrogens with zero attached hydrogens (tertiary/aromatic N) is 2. The van der Waals surface area contributed by atoms with Crippen molar-refractivity contribution in [2.75, 3.05) is 20.7 Å². The van der Waals surface area contributed by atoms with Crippen molar-refractivity contribution in [3.63, 3.8) is 0 Å². The van der Waals surface area contributed by atoms with Crippen molar-refractivity contribution in [1.82, 2.24) is 4.90 Å². The highest BCUT2D eigenvalue weighted by molar-refractivity contribution is 5.78. The Morgan fingerprint density at radius 3 is 2.90 bits per heavy atom. The second-order valence-electron chi connectivity index (χ2n) is 6.19. The number of guanidine groups is 1. The van der Waals surface area contributed by atoms with Crippen LogP contribution in [0.4, 0.5) is 0 Å². The van der Waals surface area contributed by atoms with Crippen LogP contribution < -0.4 is 10.5 Å². The van der Waals surface area contributed by atoms with Crippen LogP contribution in [-0.4, -0.2) is 37.6 Å². The molecule has 0 bridgehead atoms. The molecule has 0 radical (unpaired) electrons. The topological polar surface area (TPSA) is 50.9 Å². The molecule has 1 aromatic carbocycles. The summed E-state index contributed by atoms with van der Waals surface area (Å²) in [5.74, 6) is 2.13. The SMILES string of the molecule is COc1ccc2c(c1)CCCC2CN=C(N)N(C)C1CC1. The molecule has 0 aromatic heterocycles. The van der Waals surface area contributed by atoms with Crippen LogP contribution in [0.25, 0.3) is 0 Å². The van der Waals surface area contributed by atoms with E-state index in [9.17, 15) is 0 Å². The fourth-order valence-corrected chi connectivity index (χ4v) is 3.17. The fourth-order valence-electron chi connectivity index (χ4n) is 3.17. The number of rotatable bonds is 4. The molecule has 4 heteroatoms. The van der Waals surface area contributed by atoms with E-state index in [1.807, 2.05) is 0 Å². The Hall–Kier alpha value is -1.71. The number of aliphatic imine (C=N–C) groups is 1. The van der Waals surface area contributed by atoms with Crippen LogP contribution in [0.15, 0.2) is 23.2 Å². The van der Waals surface area contributed by atoms with E-state index in [1.165, 1.54) is 36.8 Å². The second kappa shape index (κ2) is 5.96. The molecule has 2 N–H and O–H groups in total. The summed E-state index contributed by atoms with van der Waals surface area (Å²) < 4.78 is 5.32. The number of methoxy groups -OCH3 is 1. The third kappa shape index (κ3) is 3.14. The summed E-state index contributed by atoms with van der Waals surface area (Å²) >= 11 is 0. The molecule has 1 saturated carbocycles. The summed E-state index contributed by atoms with van der Waals surface area (Å²) in [6.07, 6.45) is 6.06. The van der Waals surface area contributed by atoms with Gasteiger partial charge in [0.15, 0.2) is 5.96 Å². The Balaban J connectivity index is 1.71. The maximum atomic E-state index is 6.10. The first-order valence-corrected chi connectivity index (χ1v) is 7.88. The molecule has 1 unspecified atom stereocenters. The Morgan fingerprint density at radius 2 is 2.19 bits per heavy atom. The van der Waals surface area contributed by atoms with Crippen LogP contribution in [0.2, 0.25) is 0 Å². The predicted molar refractivity (Wildman–Crippen MR) is 85.9 cm³/mol. The molecule has 0 saturated heterocycles. The Morgan fingerprint density at radius 1 is 1.38 bits per heavy atom. The number of ether oxygens (including phenoxy) is 1. The normalized spacial score (nSPS) is 21.8. The molecule has 4 nitrogen and oxygen atoms in total. The summed E-state index contributed by atoms with van der Waals surface area (Å²) in [6.45, 7) is 0.794. The fraction of sp³-hybridized carbons (Fsp3) is 0.588. The molecule has 3 rings (SSSR count). The van der Waals surface area contributed by atoms with Crippen LogP contribution in [0, 0.1) is 0 Å². The zero-order valence-corrected chi connectivity index (χ0v) is 13.0. The van der Waals surface area contributed by atoms with E-state index >= 15 is 0 Å².